The topological polar surface area (TPSA) is 58.2 Å². The van der Waals surface area contributed by atoms with Gasteiger partial charge in [-0.2, -0.15) is 0 Å². The molecule has 4 nitrogen and oxygen atoms in total. The number of rotatable bonds is 6. The SMILES string of the molecule is CC(SCC(=O)Nc1ccc(F)cc1)C(=O)NC1CC1. The van der Waals surface area contributed by atoms with Crippen molar-refractivity contribution in [3.05, 3.63) is 30.1 Å². The lowest BCUT2D eigenvalue weighted by Crippen LogP contribution is -2.33. The van der Waals surface area contributed by atoms with Crippen molar-refractivity contribution in [2.75, 3.05) is 11.1 Å². The van der Waals surface area contributed by atoms with E-state index >= 15 is 0 Å². The van der Waals surface area contributed by atoms with Crippen LogP contribution in [0, 0.1) is 5.82 Å². The van der Waals surface area contributed by atoms with E-state index in [4.69, 9.17) is 0 Å². The van der Waals surface area contributed by atoms with Crippen molar-refractivity contribution in [1.29, 1.82) is 0 Å². The zero-order valence-electron chi connectivity index (χ0n) is 11.2. The average Bonchev–Trinajstić information content (AvgIpc) is 3.22. The smallest absolute Gasteiger partial charge is 0.234 e. The summed E-state index contributed by atoms with van der Waals surface area (Å²) in [7, 11) is 0. The van der Waals surface area contributed by atoms with Gasteiger partial charge in [0.15, 0.2) is 0 Å². The molecule has 1 aliphatic carbocycles. The molecular weight excluding hydrogens is 279 g/mol. The van der Waals surface area contributed by atoms with Gasteiger partial charge in [-0.25, -0.2) is 4.39 Å². The van der Waals surface area contributed by atoms with E-state index in [1.54, 1.807) is 6.92 Å². The van der Waals surface area contributed by atoms with Crippen LogP contribution in [0.1, 0.15) is 19.8 Å². The molecule has 1 aliphatic rings. The van der Waals surface area contributed by atoms with Gasteiger partial charge in [0.1, 0.15) is 5.82 Å². The maximum atomic E-state index is 12.7. The summed E-state index contributed by atoms with van der Waals surface area (Å²) in [4.78, 5) is 23.4. The van der Waals surface area contributed by atoms with Gasteiger partial charge in [0.05, 0.1) is 11.0 Å². The van der Waals surface area contributed by atoms with E-state index in [2.05, 4.69) is 10.6 Å². The molecule has 1 aromatic carbocycles. The van der Waals surface area contributed by atoms with Crippen LogP contribution in [0.2, 0.25) is 0 Å². The number of carbonyl (C=O) groups is 2. The van der Waals surface area contributed by atoms with Crippen LogP contribution in [-0.2, 0) is 9.59 Å². The lowest BCUT2D eigenvalue weighted by molar-refractivity contribution is -0.120. The third-order valence-electron chi connectivity index (χ3n) is 2.89. The van der Waals surface area contributed by atoms with Crippen molar-refractivity contribution in [3.63, 3.8) is 0 Å². The van der Waals surface area contributed by atoms with Gasteiger partial charge in [-0.15, -0.1) is 11.8 Å². The highest BCUT2D eigenvalue weighted by atomic mass is 32.2. The van der Waals surface area contributed by atoms with Gasteiger partial charge in [0.25, 0.3) is 0 Å². The first kappa shape index (κ1) is 14.8. The Kier molecular flexibility index (Phi) is 5.00. The first-order chi connectivity index (χ1) is 9.54. The number of nitrogens with one attached hydrogen (secondary N) is 2. The number of amides is 2. The van der Waals surface area contributed by atoms with Crippen LogP contribution in [0.5, 0.6) is 0 Å². The number of thioether (sulfide) groups is 1. The van der Waals surface area contributed by atoms with E-state index in [9.17, 15) is 14.0 Å². The molecule has 2 N–H and O–H groups in total. The predicted octanol–water partition coefficient (Wildman–Crippen LogP) is 2.16. The normalized spacial score (nSPS) is 15.5. The third-order valence-corrected chi connectivity index (χ3v) is 4.03. The second-order valence-corrected chi connectivity index (χ2v) is 6.12. The molecule has 1 fully saturated rings. The largest absolute Gasteiger partial charge is 0.352 e. The summed E-state index contributed by atoms with van der Waals surface area (Å²) in [6.45, 7) is 1.79. The van der Waals surface area contributed by atoms with E-state index in [-0.39, 0.29) is 28.6 Å². The van der Waals surface area contributed by atoms with Gasteiger partial charge in [-0.05, 0) is 44.0 Å². The molecule has 108 valence electrons. The Balaban J connectivity index is 1.71. The molecule has 0 aromatic heterocycles. The van der Waals surface area contributed by atoms with Crippen LogP contribution < -0.4 is 10.6 Å². The zero-order chi connectivity index (χ0) is 14.5. The van der Waals surface area contributed by atoms with Crippen molar-refractivity contribution in [2.45, 2.75) is 31.1 Å². The van der Waals surface area contributed by atoms with Gasteiger partial charge < -0.3 is 10.6 Å². The van der Waals surface area contributed by atoms with Crippen LogP contribution in [0.25, 0.3) is 0 Å². The van der Waals surface area contributed by atoms with Gasteiger partial charge in [-0.3, -0.25) is 9.59 Å². The fourth-order valence-corrected chi connectivity index (χ4v) is 2.25. The number of halogens is 1. The quantitative estimate of drug-likeness (QED) is 0.846. The monoisotopic (exact) mass is 296 g/mol. The Bertz CT molecular complexity index is 488. The summed E-state index contributed by atoms with van der Waals surface area (Å²) in [6.07, 6.45) is 2.10. The minimum Gasteiger partial charge on any atom is -0.352 e. The van der Waals surface area contributed by atoms with Crippen LogP contribution >= 0.6 is 11.8 Å². The third kappa shape index (κ3) is 4.85. The Hall–Kier alpha value is -1.56. The highest BCUT2D eigenvalue weighted by molar-refractivity contribution is 8.01. The maximum Gasteiger partial charge on any atom is 0.234 e. The molecule has 0 aliphatic heterocycles. The fraction of sp³-hybridized carbons (Fsp3) is 0.429. The Morgan fingerprint density at radius 1 is 1.35 bits per heavy atom. The molecule has 6 heteroatoms. The number of benzene rings is 1. The van der Waals surface area contributed by atoms with Crippen LogP contribution in [-0.4, -0.2) is 28.9 Å². The summed E-state index contributed by atoms with van der Waals surface area (Å²) >= 11 is 1.29. The van der Waals surface area contributed by atoms with Crippen molar-refractivity contribution >= 4 is 29.3 Å². The molecule has 0 heterocycles. The number of hydrogen-bond acceptors (Lipinski definition) is 3. The second kappa shape index (κ2) is 6.74. The van der Waals surface area contributed by atoms with Crippen LogP contribution in [0.4, 0.5) is 10.1 Å². The van der Waals surface area contributed by atoms with Crippen molar-refractivity contribution < 1.29 is 14.0 Å². The lowest BCUT2D eigenvalue weighted by Gasteiger charge is -2.11. The van der Waals surface area contributed by atoms with Gasteiger partial charge in [-0.1, -0.05) is 0 Å². The van der Waals surface area contributed by atoms with Crippen LogP contribution in [0.3, 0.4) is 0 Å². The number of anilines is 1. The molecule has 2 amide bonds. The molecule has 1 saturated carbocycles. The molecule has 1 unspecified atom stereocenters. The van der Waals surface area contributed by atoms with E-state index in [1.165, 1.54) is 36.0 Å². The Morgan fingerprint density at radius 3 is 2.60 bits per heavy atom. The van der Waals surface area contributed by atoms with E-state index < -0.39 is 0 Å². The first-order valence-electron chi connectivity index (χ1n) is 6.52. The highest BCUT2D eigenvalue weighted by Gasteiger charge is 2.25. The standard InChI is InChI=1S/C14H17FN2O2S/c1-9(14(19)17-12-6-7-12)20-8-13(18)16-11-4-2-10(15)3-5-11/h2-5,9,12H,6-8H2,1H3,(H,16,18)(H,17,19). The Morgan fingerprint density at radius 2 is 2.00 bits per heavy atom. The molecule has 0 radical (unpaired) electrons. The molecule has 0 spiro atoms. The van der Waals surface area contributed by atoms with Crippen LogP contribution in [0.15, 0.2) is 24.3 Å². The lowest BCUT2D eigenvalue weighted by atomic mass is 10.3. The van der Waals surface area contributed by atoms with E-state index in [0.717, 1.165) is 12.8 Å². The van der Waals surface area contributed by atoms with Gasteiger partial charge in [0, 0.05) is 11.7 Å². The second-order valence-electron chi connectivity index (χ2n) is 4.79. The van der Waals surface area contributed by atoms with E-state index in [0.29, 0.717) is 11.7 Å². The van der Waals surface area contributed by atoms with Crippen molar-refractivity contribution in [2.24, 2.45) is 0 Å². The number of hydrogen-bond donors (Lipinski definition) is 2. The molecule has 1 atom stereocenters. The summed E-state index contributed by atoms with van der Waals surface area (Å²) in [5.74, 6) is -0.376. The molecule has 0 saturated heterocycles. The minimum atomic E-state index is -0.345. The summed E-state index contributed by atoms with van der Waals surface area (Å²) in [5, 5.41) is 5.30. The summed E-state index contributed by atoms with van der Waals surface area (Å²) < 4.78 is 12.7. The van der Waals surface area contributed by atoms with E-state index in [1.807, 2.05) is 0 Å². The Labute approximate surface area is 121 Å². The number of carbonyl (C=O) groups excluding carboxylic acids is 2. The summed E-state index contributed by atoms with van der Waals surface area (Å²) in [5.41, 5.74) is 0.548. The maximum absolute atomic E-state index is 12.7. The predicted molar refractivity (Wildman–Crippen MR) is 78.1 cm³/mol. The first-order valence-corrected chi connectivity index (χ1v) is 7.57. The highest BCUT2D eigenvalue weighted by Crippen LogP contribution is 2.20. The van der Waals surface area contributed by atoms with Crippen molar-refractivity contribution in [1.82, 2.24) is 5.32 Å². The minimum absolute atomic E-state index is 0.0212. The fourth-order valence-electron chi connectivity index (χ4n) is 1.55. The average molecular weight is 296 g/mol. The van der Waals surface area contributed by atoms with Gasteiger partial charge in [0.2, 0.25) is 11.8 Å². The summed E-state index contributed by atoms with van der Waals surface area (Å²) in [6, 6.07) is 5.91. The molecule has 20 heavy (non-hydrogen) atoms. The molecule has 1 aromatic rings. The van der Waals surface area contributed by atoms with Crippen molar-refractivity contribution in [3.8, 4) is 0 Å². The molecule has 2 rings (SSSR count). The van der Waals surface area contributed by atoms with Gasteiger partial charge >= 0.3 is 0 Å². The molecular formula is C14H17FN2O2S. The zero-order valence-corrected chi connectivity index (χ0v) is 12.0. The molecule has 0 bridgehead atoms.